The number of piperidine rings is 1. The number of rotatable bonds is 3. The largest absolute Gasteiger partial charge is 0.279 e. The van der Waals surface area contributed by atoms with E-state index >= 15 is 0 Å². The summed E-state index contributed by atoms with van der Waals surface area (Å²) in [5.74, 6) is 0.663. The third kappa shape index (κ3) is 3.66. The first-order valence-corrected chi connectivity index (χ1v) is 8.29. The Bertz CT molecular complexity index is 328. The van der Waals surface area contributed by atoms with E-state index in [1.54, 1.807) is 4.31 Å². The molecule has 1 N–H and O–H groups in total. The maximum absolute atomic E-state index is 12.2. The third-order valence-electron chi connectivity index (χ3n) is 4.00. The Kier molecular flexibility index (Phi) is 4.44. The Labute approximate surface area is 105 Å². The van der Waals surface area contributed by atoms with Crippen molar-refractivity contribution in [2.45, 2.75) is 57.9 Å². The van der Waals surface area contributed by atoms with Gasteiger partial charge in [-0.2, -0.15) is 17.4 Å². The lowest BCUT2D eigenvalue weighted by Crippen LogP contribution is -2.48. The Morgan fingerprint density at radius 2 is 1.59 bits per heavy atom. The fourth-order valence-electron chi connectivity index (χ4n) is 2.73. The van der Waals surface area contributed by atoms with Crippen molar-refractivity contribution in [2.75, 3.05) is 13.1 Å². The Balaban J connectivity index is 1.89. The van der Waals surface area contributed by atoms with Crippen molar-refractivity contribution in [1.82, 2.24) is 9.03 Å². The van der Waals surface area contributed by atoms with E-state index in [1.165, 1.54) is 6.42 Å². The monoisotopic (exact) mass is 260 g/mol. The van der Waals surface area contributed by atoms with Crippen LogP contribution in [-0.2, 0) is 10.2 Å². The van der Waals surface area contributed by atoms with Gasteiger partial charge in [0.25, 0.3) is 10.2 Å². The summed E-state index contributed by atoms with van der Waals surface area (Å²) in [6, 6.07) is 0.174. The highest BCUT2D eigenvalue weighted by Gasteiger charge is 2.28. The second-order valence-electron chi connectivity index (χ2n) is 5.54. The van der Waals surface area contributed by atoms with Gasteiger partial charge in [0.05, 0.1) is 0 Å². The van der Waals surface area contributed by atoms with E-state index in [1.807, 2.05) is 0 Å². The number of nitrogens with zero attached hydrogens (tertiary/aromatic N) is 1. The van der Waals surface area contributed by atoms with Crippen molar-refractivity contribution in [3.05, 3.63) is 0 Å². The van der Waals surface area contributed by atoms with Crippen molar-refractivity contribution >= 4 is 10.2 Å². The molecule has 0 aromatic heterocycles. The van der Waals surface area contributed by atoms with Crippen LogP contribution in [0, 0.1) is 5.92 Å². The smallest absolute Gasteiger partial charge is 0.199 e. The maximum Gasteiger partial charge on any atom is 0.279 e. The van der Waals surface area contributed by atoms with Gasteiger partial charge < -0.3 is 0 Å². The summed E-state index contributed by atoms with van der Waals surface area (Å²) < 4.78 is 28.9. The van der Waals surface area contributed by atoms with E-state index in [0.717, 1.165) is 38.5 Å². The minimum atomic E-state index is -3.22. The van der Waals surface area contributed by atoms with Crippen molar-refractivity contribution in [3.8, 4) is 0 Å². The van der Waals surface area contributed by atoms with E-state index in [-0.39, 0.29) is 6.04 Å². The summed E-state index contributed by atoms with van der Waals surface area (Å²) in [6.07, 6.45) is 7.55. The molecule has 0 unspecified atom stereocenters. The Morgan fingerprint density at radius 1 is 1.00 bits per heavy atom. The summed E-state index contributed by atoms with van der Waals surface area (Å²) in [7, 11) is -3.22. The van der Waals surface area contributed by atoms with Crippen LogP contribution >= 0.6 is 0 Å². The van der Waals surface area contributed by atoms with E-state index < -0.39 is 10.2 Å². The van der Waals surface area contributed by atoms with Gasteiger partial charge in [0.15, 0.2) is 0 Å². The zero-order valence-corrected chi connectivity index (χ0v) is 11.5. The lowest BCUT2D eigenvalue weighted by atomic mass is 9.96. The van der Waals surface area contributed by atoms with Crippen LogP contribution in [0.5, 0.6) is 0 Å². The molecule has 0 radical (unpaired) electrons. The van der Waals surface area contributed by atoms with Crippen molar-refractivity contribution in [3.63, 3.8) is 0 Å². The molecule has 0 spiro atoms. The average Bonchev–Trinajstić information content (AvgIpc) is 2.30. The summed E-state index contributed by atoms with van der Waals surface area (Å²) in [5, 5.41) is 0. The summed E-state index contributed by atoms with van der Waals surface area (Å²) in [5.41, 5.74) is 0. The van der Waals surface area contributed by atoms with Gasteiger partial charge in [-0.25, -0.2) is 0 Å². The zero-order valence-electron chi connectivity index (χ0n) is 10.7. The molecule has 5 heteroatoms. The van der Waals surface area contributed by atoms with E-state index in [0.29, 0.717) is 19.0 Å². The topological polar surface area (TPSA) is 49.4 Å². The van der Waals surface area contributed by atoms with Crippen LogP contribution in [-0.4, -0.2) is 31.9 Å². The highest BCUT2D eigenvalue weighted by molar-refractivity contribution is 7.87. The number of hydrogen-bond acceptors (Lipinski definition) is 2. The van der Waals surface area contributed by atoms with Gasteiger partial charge in [-0.15, -0.1) is 0 Å². The molecule has 0 amide bonds. The zero-order chi connectivity index (χ0) is 12.3. The van der Waals surface area contributed by atoms with Crippen LogP contribution in [0.4, 0.5) is 0 Å². The Hall–Kier alpha value is -0.130. The summed E-state index contributed by atoms with van der Waals surface area (Å²) in [6.45, 7) is 3.56. The fraction of sp³-hybridized carbons (Fsp3) is 1.00. The first kappa shape index (κ1) is 13.3. The molecule has 1 aliphatic carbocycles. The lowest BCUT2D eigenvalue weighted by Gasteiger charge is -2.32. The van der Waals surface area contributed by atoms with Crippen LogP contribution < -0.4 is 4.72 Å². The molecule has 0 aromatic rings. The molecular weight excluding hydrogens is 236 g/mol. The second-order valence-corrected chi connectivity index (χ2v) is 7.24. The molecule has 1 aliphatic heterocycles. The summed E-state index contributed by atoms with van der Waals surface area (Å²) >= 11 is 0. The van der Waals surface area contributed by atoms with Gasteiger partial charge in [0.1, 0.15) is 0 Å². The van der Waals surface area contributed by atoms with E-state index in [9.17, 15) is 8.42 Å². The maximum atomic E-state index is 12.2. The van der Waals surface area contributed by atoms with Gasteiger partial charge in [-0.3, -0.25) is 0 Å². The molecule has 0 atom stereocenters. The lowest BCUT2D eigenvalue weighted by molar-refractivity contribution is 0.280. The van der Waals surface area contributed by atoms with Crippen molar-refractivity contribution < 1.29 is 8.42 Å². The van der Waals surface area contributed by atoms with Crippen molar-refractivity contribution in [2.24, 2.45) is 5.92 Å². The highest BCUT2D eigenvalue weighted by atomic mass is 32.2. The van der Waals surface area contributed by atoms with E-state index in [2.05, 4.69) is 11.6 Å². The molecule has 2 fully saturated rings. The SMILES string of the molecule is CC1CCN(S(=O)(=O)NC2CCCCC2)CC1. The highest BCUT2D eigenvalue weighted by Crippen LogP contribution is 2.21. The van der Waals surface area contributed by atoms with Gasteiger partial charge >= 0.3 is 0 Å². The fourth-order valence-corrected chi connectivity index (χ4v) is 4.23. The molecule has 2 aliphatic rings. The molecule has 1 saturated heterocycles. The van der Waals surface area contributed by atoms with Crippen LogP contribution in [0.25, 0.3) is 0 Å². The van der Waals surface area contributed by atoms with Crippen LogP contribution in [0.2, 0.25) is 0 Å². The van der Waals surface area contributed by atoms with Crippen LogP contribution in [0.15, 0.2) is 0 Å². The van der Waals surface area contributed by atoms with Gasteiger partial charge in [0.2, 0.25) is 0 Å². The van der Waals surface area contributed by atoms with Crippen LogP contribution in [0.1, 0.15) is 51.9 Å². The summed E-state index contributed by atoms with van der Waals surface area (Å²) in [4.78, 5) is 0. The van der Waals surface area contributed by atoms with Gasteiger partial charge in [-0.05, 0) is 31.6 Å². The minimum absolute atomic E-state index is 0.174. The molecule has 4 nitrogen and oxygen atoms in total. The standard InChI is InChI=1S/C12H24N2O2S/c1-11-7-9-14(10-8-11)17(15,16)13-12-5-3-2-4-6-12/h11-13H,2-10H2,1H3. The molecule has 100 valence electrons. The van der Waals surface area contributed by atoms with Gasteiger partial charge in [0, 0.05) is 19.1 Å². The normalized spacial score (nSPS) is 26.2. The third-order valence-corrected chi connectivity index (χ3v) is 5.68. The number of hydrogen-bond donors (Lipinski definition) is 1. The first-order chi connectivity index (χ1) is 8.08. The molecule has 2 rings (SSSR count). The molecule has 0 bridgehead atoms. The van der Waals surface area contributed by atoms with Crippen molar-refractivity contribution in [1.29, 1.82) is 0 Å². The molecule has 0 aromatic carbocycles. The molecule has 17 heavy (non-hydrogen) atoms. The Morgan fingerprint density at radius 3 is 2.18 bits per heavy atom. The average molecular weight is 260 g/mol. The minimum Gasteiger partial charge on any atom is -0.199 e. The molecule has 1 saturated carbocycles. The van der Waals surface area contributed by atoms with Crippen LogP contribution in [0.3, 0.4) is 0 Å². The predicted octanol–water partition coefficient (Wildman–Crippen LogP) is 1.89. The molecular formula is C12H24N2O2S. The second kappa shape index (κ2) is 5.67. The predicted molar refractivity (Wildman–Crippen MR) is 68.9 cm³/mol. The number of nitrogens with one attached hydrogen (secondary N) is 1. The quantitative estimate of drug-likeness (QED) is 0.842. The molecule has 1 heterocycles. The van der Waals surface area contributed by atoms with Gasteiger partial charge in [-0.1, -0.05) is 26.2 Å². The first-order valence-electron chi connectivity index (χ1n) is 6.85. The van der Waals surface area contributed by atoms with E-state index in [4.69, 9.17) is 0 Å².